The summed E-state index contributed by atoms with van der Waals surface area (Å²) in [5, 5.41) is 72.3. The molecule has 0 radical (unpaired) electrons. The lowest BCUT2D eigenvalue weighted by atomic mass is 9.98. The van der Waals surface area contributed by atoms with Gasteiger partial charge >= 0.3 is 5.97 Å². The molecule has 0 saturated carbocycles. The molecule has 418 valence electrons. The van der Waals surface area contributed by atoms with Crippen LogP contribution >= 0.6 is 0 Å². The predicted octanol–water partition coefficient (Wildman–Crippen LogP) is 9.41. The topological polar surface area (TPSA) is 214 Å². The van der Waals surface area contributed by atoms with Crippen LogP contribution < -0.4 is 0 Å². The monoisotopic (exact) mass is 1030 g/mol. The third-order valence-corrected chi connectivity index (χ3v) is 12.6. The Balaban J connectivity index is 1.77. The van der Waals surface area contributed by atoms with Gasteiger partial charge in [0, 0.05) is 13.0 Å². The predicted molar refractivity (Wildman–Crippen MR) is 288 cm³/mol. The van der Waals surface area contributed by atoms with E-state index in [1.807, 2.05) is 0 Å². The standard InChI is InChI=1S/C59H98O14/c1-3-5-7-9-11-13-15-17-19-21-23-25-27-29-31-33-35-37-39-41-43-68-45-48(71-51(61)42-40-38-36-34-32-30-28-26-24-22-20-18-16-14-12-10-8-6-4-2)46-69-58-57(67)55(65)53(63)50(73-58)47-70-59-56(66)54(64)52(62)49(44-60)72-59/h6,8,11-14,17-20,23-26,30,32,48-50,52-60,62-67H,3-5,7,9-10,15-16,21-22,27-29,31,33-47H2,1-2H3/b8-6-,13-11-,14-12-,19-17-,20-18-,25-23-,26-24-,32-30-. The van der Waals surface area contributed by atoms with Crippen LogP contribution in [-0.4, -0.2) is 142 Å². The van der Waals surface area contributed by atoms with E-state index < -0.39 is 86.7 Å². The molecule has 14 nitrogen and oxygen atoms in total. The molecule has 0 aromatic rings. The number of ether oxygens (including phenoxy) is 6. The van der Waals surface area contributed by atoms with Crippen molar-refractivity contribution in [3.8, 4) is 0 Å². The van der Waals surface area contributed by atoms with E-state index in [2.05, 4.69) is 111 Å². The van der Waals surface area contributed by atoms with Gasteiger partial charge in [0.05, 0.1) is 26.4 Å². The van der Waals surface area contributed by atoms with Gasteiger partial charge in [0.1, 0.15) is 54.9 Å². The molecule has 0 amide bonds. The average Bonchev–Trinajstić information content (AvgIpc) is 3.39. The maximum atomic E-state index is 13.0. The molecule has 11 unspecified atom stereocenters. The van der Waals surface area contributed by atoms with Crippen LogP contribution in [0.3, 0.4) is 0 Å². The van der Waals surface area contributed by atoms with E-state index in [0.29, 0.717) is 13.0 Å². The summed E-state index contributed by atoms with van der Waals surface area (Å²) in [5.74, 6) is -0.415. The number of allylic oxidation sites excluding steroid dienone is 16. The zero-order valence-corrected chi connectivity index (χ0v) is 44.6. The fourth-order valence-corrected chi connectivity index (χ4v) is 8.08. The Hall–Kier alpha value is -3.09. The summed E-state index contributed by atoms with van der Waals surface area (Å²) in [4.78, 5) is 13.0. The highest BCUT2D eigenvalue weighted by atomic mass is 16.7. The minimum atomic E-state index is -1.72. The van der Waals surface area contributed by atoms with Crippen molar-refractivity contribution < 1.29 is 69.0 Å². The number of hydrogen-bond acceptors (Lipinski definition) is 14. The van der Waals surface area contributed by atoms with Gasteiger partial charge in [0.2, 0.25) is 0 Å². The van der Waals surface area contributed by atoms with Crippen LogP contribution in [0.15, 0.2) is 97.2 Å². The Bertz CT molecular complexity index is 1570. The van der Waals surface area contributed by atoms with E-state index in [-0.39, 0.29) is 19.6 Å². The summed E-state index contributed by atoms with van der Waals surface area (Å²) in [6, 6.07) is 0. The number of carbonyl (C=O) groups is 1. The quantitative estimate of drug-likeness (QED) is 0.0172. The third kappa shape index (κ3) is 32.2. The van der Waals surface area contributed by atoms with Crippen molar-refractivity contribution in [1.82, 2.24) is 0 Å². The molecule has 2 saturated heterocycles. The van der Waals surface area contributed by atoms with Crippen LogP contribution in [0.1, 0.15) is 168 Å². The first kappa shape index (κ1) is 66.0. The van der Waals surface area contributed by atoms with Crippen molar-refractivity contribution in [2.24, 2.45) is 0 Å². The summed E-state index contributed by atoms with van der Waals surface area (Å²) in [7, 11) is 0. The van der Waals surface area contributed by atoms with Gasteiger partial charge in [0.25, 0.3) is 0 Å². The third-order valence-electron chi connectivity index (χ3n) is 12.6. The number of aliphatic hydroxyl groups excluding tert-OH is 7. The highest BCUT2D eigenvalue weighted by Gasteiger charge is 2.47. The summed E-state index contributed by atoms with van der Waals surface area (Å²) in [6.45, 7) is 3.46. The number of unbranched alkanes of at least 4 members (excludes halogenated alkanes) is 13. The molecule has 7 N–H and O–H groups in total. The Morgan fingerprint density at radius 2 is 0.890 bits per heavy atom. The second kappa shape index (κ2) is 45.1. The van der Waals surface area contributed by atoms with E-state index in [1.165, 1.54) is 44.9 Å². The van der Waals surface area contributed by atoms with Gasteiger partial charge in [-0.1, -0.05) is 162 Å². The van der Waals surface area contributed by atoms with Crippen molar-refractivity contribution in [3.63, 3.8) is 0 Å². The molecule has 2 fully saturated rings. The lowest BCUT2D eigenvalue weighted by Gasteiger charge is -2.42. The van der Waals surface area contributed by atoms with Gasteiger partial charge in [0.15, 0.2) is 12.6 Å². The molecule has 2 heterocycles. The Morgan fingerprint density at radius 1 is 0.466 bits per heavy atom. The van der Waals surface area contributed by atoms with Gasteiger partial charge in [-0.2, -0.15) is 0 Å². The number of aliphatic hydroxyl groups is 7. The maximum absolute atomic E-state index is 13.0. The molecular weight excluding hydrogens is 933 g/mol. The van der Waals surface area contributed by atoms with Gasteiger partial charge in [-0.3, -0.25) is 4.79 Å². The van der Waals surface area contributed by atoms with Crippen LogP contribution in [0.5, 0.6) is 0 Å². The van der Waals surface area contributed by atoms with E-state index >= 15 is 0 Å². The van der Waals surface area contributed by atoms with Gasteiger partial charge in [-0.05, 0) is 96.3 Å². The summed E-state index contributed by atoms with van der Waals surface area (Å²) in [5.41, 5.74) is 0. The SMILES string of the molecule is CC/C=C\C/C=C\C/C=C\C/C=C\C/C=C\CCCCCC(=O)OC(COCCCCCCCCC/C=C\C/C=C\C/C=C\CCCCC)COC1OC(COC2OC(CO)C(O)C(O)C2O)C(O)C(O)C1O. The first-order valence-electron chi connectivity index (χ1n) is 27.8. The number of rotatable bonds is 43. The van der Waals surface area contributed by atoms with Crippen molar-refractivity contribution >= 4 is 5.97 Å². The highest BCUT2D eigenvalue weighted by Crippen LogP contribution is 2.26. The smallest absolute Gasteiger partial charge is 0.306 e. The van der Waals surface area contributed by atoms with Gasteiger partial charge in [-0.15, -0.1) is 0 Å². The summed E-state index contributed by atoms with van der Waals surface area (Å²) < 4.78 is 34.3. The zero-order valence-electron chi connectivity index (χ0n) is 44.6. The molecule has 73 heavy (non-hydrogen) atoms. The number of hydrogen-bond donors (Lipinski definition) is 7. The van der Waals surface area contributed by atoms with Gasteiger partial charge < -0.3 is 64.2 Å². The van der Waals surface area contributed by atoms with Crippen LogP contribution in [-0.2, 0) is 33.2 Å². The average molecular weight is 1030 g/mol. The van der Waals surface area contributed by atoms with Crippen molar-refractivity contribution in [1.29, 1.82) is 0 Å². The number of esters is 1. The molecule has 0 aliphatic carbocycles. The summed E-state index contributed by atoms with van der Waals surface area (Å²) >= 11 is 0. The first-order valence-corrected chi connectivity index (χ1v) is 27.8. The van der Waals surface area contributed by atoms with Crippen LogP contribution in [0.25, 0.3) is 0 Å². The van der Waals surface area contributed by atoms with Gasteiger partial charge in [-0.25, -0.2) is 0 Å². The minimum Gasteiger partial charge on any atom is -0.457 e. The fourth-order valence-electron chi connectivity index (χ4n) is 8.08. The second-order valence-corrected chi connectivity index (χ2v) is 19.0. The maximum Gasteiger partial charge on any atom is 0.306 e. The molecule has 0 spiro atoms. The van der Waals surface area contributed by atoms with Crippen molar-refractivity contribution in [2.45, 2.75) is 235 Å². The van der Waals surface area contributed by atoms with Crippen LogP contribution in [0.2, 0.25) is 0 Å². The normalized spacial score (nSPS) is 25.7. The molecule has 0 aromatic heterocycles. The Labute approximate surface area is 439 Å². The Morgan fingerprint density at radius 3 is 1.40 bits per heavy atom. The van der Waals surface area contributed by atoms with Crippen LogP contribution in [0, 0.1) is 0 Å². The van der Waals surface area contributed by atoms with Crippen molar-refractivity contribution in [2.75, 3.05) is 33.0 Å². The molecule has 0 bridgehead atoms. The Kier molecular flexibility index (Phi) is 40.8. The largest absolute Gasteiger partial charge is 0.457 e. The molecule has 2 aliphatic rings. The molecule has 14 heteroatoms. The second-order valence-electron chi connectivity index (χ2n) is 19.0. The van der Waals surface area contributed by atoms with Crippen molar-refractivity contribution in [3.05, 3.63) is 97.2 Å². The summed E-state index contributed by atoms with van der Waals surface area (Å²) in [6.07, 6.45) is 43.2. The van der Waals surface area contributed by atoms with Crippen LogP contribution in [0.4, 0.5) is 0 Å². The fraction of sp³-hybridized carbons (Fsp3) is 0.712. The molecule has 2 rings (SSSR count). The number of carbonyl (C=O) groups excluding carboxylic acids is 1. The zero-order chi connectivity index (χ0) is 53.0. The lowest BCUT2D eigenvalue weighted by molar-refractivity contribution is -0.332. The molecule has 0 aromatic carbocycles. The molecular formula is C59H98O14. The first-order chi connectivity index (χ1) is 35.6. The van der Waals surface area contributed by atoms with E-state index in [4.69, 9.17) is 28.4 Å². The lowest BCUT2D eigenvalue weighted by Crippen LogP contribution is -2.61. The molecule has 11 atom stereocenters. The van der Waals surface area contributed by atoms with E-state index in [9.17, 15) is 40.5 Å². The highest BCUT2D eigenvalue weighted by molar-refractivity contribution is 5.69. The van der Waals surface area contributed by atoms with E-state index in [0.717, 1.165) is 96.3 Å². The minimum absolute atomic E-state index is 0.0347. The molecule has 2 aliphatic heterocycles. The van der Waals surface area contributed by atoms with E-state index in [1.54, 1.807) is 0 Å².